The van der Waals surface area contributed by atoms with Gasteiger partial charge >= 0.3 is 5.97 Å². The number of aliphatic carboxylic acids is 1. The van der Waals surface area contributed by atoms with E-state index in [4.69, 9.17) is 5.11 Å². The number of carbonyl (C=O) groups is 3. The quantitative estimate of drug-likeness (QED) is 0.851. The van der Waals surface area contributed by atoms with Gasteiger partial charge in [-0.25, -0.2) is 0 Å². The number of benzene rings is 1. The zero-order valence-electron chi connectivity index (χ0n) is 11.8. The predicted molar refractivity (Wildman–Crippen MR) is 75.2 cm³/mol. The van der Waals surface area contributed by atoms with E-state index in [1.54, 1.807) is 11.8 Å². The number of carboxylic acid groups (broad SMARTS) is 1. The summed E-state index contributed by atoms with van der Waals surface area (Å²) in [6.45, 7) is 2.38. The average molecular weight is 290 g/mol. The van der Waals surface area contributed by atoms with Crippen LogP contribution in [0.3, 0.4) is 0 Å². The van der Waals surface area contributed by atoms with Crippen molar-refractivity contribution in [1.29, 1.82) is 0 Å². The molecular weight excluding hydrogens is 272 g/mol. The summed E-state index contributed by atoms with van der Waals surface area (Å²) in [7, 11) is 0. The van der Waals surface area contributed by atoms with E-state index in [2.05, 4.69) is 5.32 Å². The molecule has 1 fully saturated rings. The molecule has 1 aromatic rings. The van der Waals surface area contributed by atoms with Crippen LogP contribution in [0.1, 0.15) is 18.9 Å². The first-order valence-corrected chi connectivity index (χ1v) is 6.82. The highest BCUT2D eigenvalue weighted by molar-refractivity contribution is 5.93. The van der Waals surface area contributed by atoms with Crippen LogP contribution in [0.15, 0.2) is 30.3 Å². The average Bonchev–Trinajstić information content (AvgIpc) is 2.53. The fourth-order valence-electron chi connectivity index (χ4n) is 2.36. The Balaban J connectivity index is 2.19. The summed E-state index contributed by atoms with van der Waals surface area (Å²) in [5, 5.41) is 11.4. The van der Waals surface area contributed by atoms with Crippen molar-refractivity contribution in [1.82, 2.24) is 10.2 Å². The normalized spacial score (nSPS) is 22.6. The van der Waals surface area contributed by atoms with E-state index >= 15 is 0 Å². The van der Waals surface area contributed by atoms with Crippen molar-refractivity contribution in [3.05, 3.63) is 35.9 Å². The molecule has 0 aromatic heterocycles. The largest absolute Gasteiger partial charge is 0.481 e. The van der Waals surface area contributed by atoms with Gasteiger partial charge < -0.3 is 15.3 Å². The molecule has 6 heteroatoms. The Kier molecular flexibility index (Phi) is 4.57. The minimum Gasteiger partial charge on any atom is -0.481 e. The monoisotopic (exact) mass is 290 g/mol. The van der Waals surface area contributed by atoms with E-state index in [1.807, 2.05) is 30.3 Å². The number of nitrogens with zero attached hydrogens (tertiary/aromatic N) is 1. The molecule has 1 unspecified atom stereocenters. The topological polar surface area (TPSA) is 86.7 Å². The Bertz CT molecular complexity index is 544. The van der Waals surface area contributed by atoms with Crippen LogP contribution in [-0.4, -0.2) is 40.4 Å². The van der Waals surface area contributed by atoms with Crippen molar-refractivity contribution in [2.45, 2.75) is 25.9 Å². The summed E-state index contributed by atoms with van der Waals surface area (Å²) in [4.78, 5) is 36.7. The molecule has 2 rings (SSSR count). The first-order valence-electron chi connectivity index (χ1n) is 6.82. The summed E-state index contributed by atoms with van der Waals surface area (Å²) in [5.74, 6) is -2.11. The zero-order chi connectivity index (χ0) is 15.4. The smallest absolute Gasteiger partial charge is 0.305 e. The van der Waals surface area contributed by atoms with Crippen molar-refractivity contribution in [3.63, 3.8) is 0 Å². The second-order valence-electron chi connectivity index (χ2n) is 5.26. The van der Waals surface area contributed by atoms with Crippen LogP contribution in [0.2, 0.25) is 0 Å². The number of nitrogens with one attached hydrogen (secondary N) is 1. The minimum atomic E-state index is -1.11. The van der Waals surface area contributed by atoms with E-state index in [0.717, 1.165) is 5.56 Å². The molecule has 21 heavy (non-hydrogen) atoms. The Hall–Kier alpha value is -2.37. The molecule has 6 nitrogen and oxygen atoms in total. The zero-order valence-corrected chi connectivity index (χ0v) is 11.8. The number of rotatable bonds is 4. The fourth-order valence-corrected chi connectivity index (χ4v) is 2.36. The standard InChI is InChI=1S/C15H18N2O4/c1-10-8-17(9-11-5-3-2-4-6-11)15(21)12(7-13(18)19)16-14(10)20/h2-6,10,12H,7-9H2,1H3,(H,16,20)(H,18,19)/t10?,12-/m0/s1. The van der Waals surface area contributed by atoms with E-state index < -0.39 is 18.4 Å². The maximum absolute atomic E-state index is 12.4. The molecule has 2 N–H and O–H groups in total. The maximum Gasteiger partial charge on any atom is 0.305 e. The van der Waals surface area contributed by atoms with E-state index in [9.17, 15) is 14.4 Å². The lowest BCUT2D eigenvalue weighted by Gasteiger charge is -2.24. The van der Waals surface area contributed by atoms with E-state index in [-0.39, 0.29) is 24.3 Å². The van der Waals surface area contributed by atoms with Gasteiger partial charge in [-0.3, -0.25) is 14.4 Å². The molecule has 1 heterocycles. The molecule has 0 radical (unpaired) electrons. The van der Waals surface area contributed by atoms with Crippen molar-refractivity contribution in [2.24, 2.45) is 5.92 Å². The molecular formula is C15H18N2O4. The minimum absolute atomic E-state index is 0.287. The van der Waals surface area contributed by atoms with Gasteiger partial charge in [-0.2, -0.15) is 0 Å². The number of carboxylic acids is 1. The second-order valence-corrected chi connectivity index (χ2v) is 5.26. The SMILES string of the molecule is CC1CN(Cc2ccccc2)C(=O)[C@H](CC(=O)O)NC1=O. The maximum atomic E-state index is 12.4. The first-order chi connectivity index (χ1) is 9.97. The molecule has 2 atom stereocenters. The lowest BCUT2D eigenvalue weighted by Crippen LogP contribution is -2.45. The molecule has 112 valence electrons. The third-order valence-corrected chi connectivity index (χ3v) is 3.46. The van der Waals surface area contributed by atoms with Crippen LogP contribution in [0.5, 0.6) is 0 Å². The third-order valence-electron chi connectivity index (χ3n) is 3.46. The fraction of sp³-hybridized carbons (Fsp3) is 0.400. The molecule has 0 spiro atoms. The summed E-state index contributed by atoms with van der Waals surface area (Å²) < 4.78 is 0. The Morgan fingerprint density at radius 1 is 1.33 bits per heavy atom. The highest BCUT2D eigenvalue weighted by atomic mass is 16.4. The Morgan fingerprint density at radius 3 is 2.62 bits per heavy atom. The van der Waals surface area contributed by atoms with Gasteiger partial charge in [-0.05, 0) is 5.56 Å². The lowest BCUT2D eigenvalue weighted by molar-refractivity contribution is -0.142. The molecule has 0 saturated carbocycles. The Labute approximate surface area is 122 Å². The summed E-state index contributed by atoms with van der Waals surface area (Å²) >= 11 is 0. The Morgan fingerprint density at radius 2 is 2.00 bits per heavy atom. The van der Waals surface area contributed by atoms with E-state index in [0.29, 0.717) is 6.54 Å². The summed E-state index contributed by atoms with van der Waals surface area (Å²) in [5.41, 5.74) is 0.946. The highest BCUT2D eigenvalue weighted by Gasteiger charge is 2.34. The second kappa shape index (κ2) is 6.39. The van der Waals surface area contributed by atoms with E-state index in [1.165, 1.54) is 0 Å². The first kappa shape index (κ1) is 15.0. The van der Waals surface area contributed by atoms with Crippen molar-refractivity contribution >= 4 is 17.8 Å². The lowest BCUT2D eigenvalue weighted by atomic mass is 10.1. The summed E-state index contributed by atoms with van der Waals surface area (Å²) in [6.07, 6.45) is -0.400. The van der Waals surface area contributed by atoms with Crippen LogP contribution in [0.4, 0.5) is 0 Å². The van der Waals surface area contributed by atoms with Crippen LogP contribution >= 0.6 is 0 Å². The number of hydrogen-bond acceptors (Lipinski definition) is 3. The molecule has 1 saturated heterocycles. The van der Waals surface area contributed by atoms with Crippen LogP contribution in [0.25, 0.3) is 0 Å². The van der Waals surface area contributed by atoms with Crippen LogP contribution in [0, 0.1) is 5.92 Å². The van der Waals surface area contributed by atoms with Crippen molar-refractivity contribution in [3.8, 4) is 0 Å². The van der Waals surface area contributed by atoms with Gasteiger partial charge in [0.1, 0.15) is 6.04 Å². The molecule has 1 aliphatic rings. The molecule has 0 aliphatic carbocycles. The summed E-state index contributed by atoms with van der Waals surface area (Å²) in [6, 6.07) is 8.42. The number of carbonyl (C=O) groups excluding carboxylic acids is 2. The van der Waals surface area contributed by atoms with Crippen molar-refractivity contribution < 1.29 is 19.5 Å². The molecule has 0 bridgehead atoms. The van der Waals surface area contributed by atoms with Crippen LogP contribution in [-0.2, 0) is 20.9 Å². The number of amides is 2. The van der Waals surface area contributed by atoms with Gasteiger partial charge in [-0.1, -0.05) is 37.3 Å². The molecule has 1 aliphatic heterocycles. The van der Waals surface area contributed by atoms with Gasteiger partial charge in [-0.15, -0.1) is 0 Å². The van der Waals surface area contributed by atoms with Crippen molar-refractivity contribution in [2.75, 3.05) is 6.54 Å². The number of hydrogen-bond donors (Lipinski definition) is 2. The third kappa shape index (κ3) is 3.81. The van der Waals surface area contributed by atoms with Gasteiger partial charge in [0.15, 0.2) is 0 Å². The van der Waals surface area contributed by atoms with Gasteiger partial charge in [0.05, 0.1) is 12.3 Å². The van der Waals surface area contributed by atoms with Gasteiger partial charge in [0.25, 0.3) is 0 Å². The predicted octanol–water partition coefficient (Wildman–Crippen LogP) is 0.624. The van der Waals surface area contributed by atoms with Gasteiger partial charge in [0, 0.05) is 13.1 Å². The van der Waals surface area contributed by atoms with Gasteiger partial charge in [0.2, 0.25) is 11.8 Å². The highest BCUT2D eigenvalue weighted by Crippen LogP contribution is 2.14. The molecule has 1 aromatic carbocycles. The van der Waals surface area contributed by atoms with Crippen LogP contribution < -0.4 is 5.32 Å². The molecule has 2 amide bonds.